The van der Waals surface area contributed by atoms with Crippen LogP contribution in [0.3, 0.4) is 0 Å². The topological polar surface area (TPSA) is 54.4 Å². The first-order chi connectivity index (χ1) is 10.7. The maximum Gasteiger partial charge on any atom is 0.159 e. The van der Waals surface area contributed by atoms with E-state index in [0.29, 0.717) is 5.56 Å². The number of halogens is 2. The van der Waals surface area contributed by atoms with Crippen LogP contribution in [-0.2, 0) is 15.6 Å². The molecule has 0 saturated heterocycles. The normalized spacial score (nSPS) is 13.1. The summed E-state index contributed by atoms with van der Waals surface area (Å²) in [6.07, 6.45) is -1.16. The second-order valence-corrected chi connectivity index (χ2v) is 7.85. The number of benzene rings is 2. The molecule has 2 aromatic rings. The highest BCUT2D eigenvalue weighted by atomic mass is 32.2. The Balaban J connectivity index is 2.15. The summed E-state index contributed by atoms with van der Waals surface area (Å²) in [6, 6.07) is 8.34. The average Bonchev–Trinajstić information content (AvgIpc) is 2.41. The van der Waals surface area contributed by atoms with Crippen molar-refractivity contribution < 1.29 is 22.3 Å². The molecule has 3 nitrogen and oxygen atoms in total. The smallest absolute Gasteiger partial charge is 0.159 e. The standard InChI is InChI=1S/C17H18F2O3S/c1-11-5-12(2)7-14(6-11)17(20)10-23(21,22)9-13-3-4-15(18)16(19)8-13/h3-8,17,20H,9-10H2,1-2H3. The van der Waals surface area contributed by atoms with Crippen LogP contribution in [0, 0.1) is 25.5 Å². The first-order valence-corrected chi connectivity index (χ1v) is 8.89. The Morgan fingerprint density at radius 2 is 1.61 bits per heavy atom. The Kier molecular flexibility index (Phi) is 5.16. The molecule has 6 heteroatoms. The molecule has 0 bridgehead atoms. The molecular weight excluding hydrogens is 322 g/mol. The van der Waals surface area contributed by atoms with Crippen molar-refractivity contribution in [2.24, 2.45) is 0 Å². The lowest BCUT2D eigenvalue weighted by atomic mass is 10.0. The number of hydrogen-bond donors (Lipinski definition) is 1. The van der Waals surface area contributed by atoms with Crippen molar-refractivity contribution in [1.29, 1.82) is 0 Å². The van der Waals surface area contributed by atoms with Crippen LogP contribution in [0.5, 0.6) is 0 Å². The molecule has 23 heavy (non-hydrogen) atoms. The van der Waals surface area contributed by atoms with Gasteiger partial charge >= 0.3 is 0 Å². The van der Waals surface area contributed by atoms with Gasteiger partial charge in [-0.25, -0.2) is 17.2 Å². The van der Waals surface area contributed by atoms with E-state index in [1.165, 1.54) is 6.07 Å². The molecular formula is C17H18F2O3S. The van der Waals surface area contributed by atoms with Gasteiger partial charge in [0.25, 0.3) is 0 Å². The van der Waals surface area contributed by atoms with Gasteiger partial charge in [0.15, 0.2) is 21.5 Å². The second-order valence-electron chi connectivity index (χ2n) is 5.74. The summed E-state index contributed by atoms with van der Waals surface area (Å²) >= 11 is 0. The summed E-state index contributed by atoms with van der Waals surface area (Å²) in [5.74, 6) is -3.05. The molecule has 1 unspecified atom stereocenters. The number of sulfone groups is 1. The van der Waals surface area contributed by atoms with Crippen LogP contribution in [0.25, 0.3) is 0 Å². The molecule has 0 aliphatic carbocycles. The second kappa shape index (κ2) is 6.76. The molecule has 0 aliphatic rings. The van der Waals surface area contributed by atoms with Crippen molar-refractivity contribution in [3.8, 4) is 0 Å². The van der Waals surface area contributed by atoms with Crippen LogP contribution in [0.4, 0.5) is 8.78 Å². The van der Waals surface area contributed by atoms with Crippen molar-refractivity contribution in [1.82, 2.24) is 0 Å². The van der Waals surface area contributed by atoms with E-state index in [4.69, 9.17) is 0 Å². The van der Waals surface area contributed by atoms with E-state index in [0.717, 1.165) is 23.3 Å². The lowest BCUT2D eigenvalue weighted by molar-refractivity contribution is 0.201. The Morgan fingerprint density at radius 3 is 2.17 bits per heavy atom. The molecule has 2 rings (SSSR count). The monoisotopic (exact) mass is 340 g/mol. The first kappa shape index (κ1) is 17.6. The summed E-state index contributed by atoms with van der Waals surface area (Å²) in [5.41, 5.74) is 2.53. The van der Waals surface area contributed by atoms with E-state index in [9.17, 15) is 22.3 Å². The fourth-order valence-electron chi connectivity index (χ4n) is 2.48. The fraction of sp³-hybridized carbons (Fsp3) is 0.294. The molecule has 1 atom stereocenters. The third kappa shape index (κ3) is 4.84. The van der Waals surface area contributed by atoms with Gasteiger partial charge in [-0.05, 0) is 37.1 Å². The predicted octanol–water partition coefficient (Wildman–Crippen LogP) is 3.23. The van der Waals surface area contributed by atoms with Crippen molar-refractivity contribution in [3.05, 3.63) is 70.3 Å². The van der Waals surface area contributed by atoms with Gasteiger partial charge in [0.05, 0.1) is 17.6 Å². The van der Waals surface area contributed by atoms with Crippen molar-refractivity contribution >= 4 is 9.84 Å². The number of aliphatic hydroxyl groups is 1. The maximum atomic E-state index is 13.2. The number of aryl methyl sites for hydroxylation is 2. The average molecular weight is 340 g/mol. The first-order valence-electron chi connectivity index (χ1n) is 7.07. The van der Waals surface area contributed by atoms with Gasteiger partial charge in [0, 0.05) is 0 Å². The van der Waals surface area contributed by atoms with Crippen molar-refractivity contribution in [3.63, 3.8) is 0 Å². The minimum Gasteiger partial charge on any atom is -0.387 e. The summed E-state index contributed by atoms with van der Waals surface area (Å²) in [4.78, 5) is 0. The third-order valence-electron chi connectivity index (χ3n) is 3.41. The Morgan fingerprint density at radius 1 is 1.00 bits per heavy atom. The largest absolute Gasteiger partial charge is 0.387 e. The zero-order chi connectivity index (χ0) is 17.2. The molecule has 0 radical (unpaired) electrons. The van der Waals surface area contributed by atoms with Gasteiger partial charge in [-0.1, -0.05) is 35.4 Å². The SMILES string of the molecule is Cc1cc(C)cc(C(O)CS(=O)(=O)Cc2ccc(F)c(F)c2)c1. The van der Waals surface area contributed by atoms with E-state index >= 15 is 0 Å². The summed E-state index contributed by atoms with van der Waals surface area (Å²) in [5, 5.41) is 10.2. The molecule has 0 spiro atoms. The van der Waals surface area contributed by atoms with Crippen LogP contribution < -0.4 is 0 Å². The molecule has 0 amide bonds. The maximum absolute atomic E-state index is 13.2. The van der Waals surface area contributed by atoms with Gasteiger partial charge in [0.2, 0.25) is 0 Å². The van der Waals surface area contributed by atoms with Gasteiger partial charge < -0.3 is 5.11 Å². The summed E-state index contributed by atoms with van der Waals surface area (Å²) < 4.78 is 50.4. The molecule has 0 aliphatic heterocycles. The van der Waals surface area contributed by atoms with Gasteiger partial charge in [-0.2, -0.15) is 0 Å². The number of aliphatic hydroxyl groups excluding tert-OH is 1. The highest BCUT2D eigenvalue weighted by Crippen LogP contribution is 2.20. The van der Waals surface area contributed by atoms with Crippen LogP contribution in [-0.4, -0.2) is 19.3 Å². The molecule has 0 fully saturated rings. The quantitative estimate of drug-likeness (QED) is 0.909. The van der Waals surface area contributed by atoms with Crippen LogP contribution in [0.1, 0.15) is 28.4 Å². The van der Waals surface area contributed by atoms with E-state index in [1.807, 2.05) is 19.9 Å². The molecule has 0 heterocycles. The van der Waals surface area contributed by atoms with Gasteiger partial charge in [0.1, 0.15) is 0 Å². The fourth-order valence-corrected chi connectivity index (χ4v) is 3.96. The Bertz CT molecular complexity index is 796. The van der Waals surface area contributed by atoms with E-state index in [-0.39, 0.29) is 5.56 Å². The predicted molar refractivity (Wildman–Crippen MR) is 84.7 cm³/mol. The van der Waals surface area contributed by atoms with E-state index < -0.39 is 39.1 Å². The molecule has 124 valence electrons. The number of rotatable bonds is 5. The lowest BCUT2D eigenvalue weighted by Gasteiger charge is -2.13. The Hall–Kier alpha value is -1.79. The van der Waals surface area contributed by atoms with Gasteiger partial charge in [-0.3, -0.25) is 0 Å². The third-order valence-corrected chi connectivity index (χ3v) is 5.01. The minimum atomic E-state index is -3.68. The molecule has 0 saturated carbocycles. The van der Waals surface area contributed by atoms with Crippen LogP contribution in [0.2, 0.25) is 0 Å². The summed E-state index contributed by atoms with van der Waals surface area (Å²) in [7, 11) is -3.68. The zero-order valence-corrected chi connectivity index (χ0v) is 13.7. The van der Waals surface area contributed by atoms with E-state index in [1.54, 1.807) is 12.1 Å². The number of hydrogen-bond acceptors (Lipinski definition) is 3. The Labute approximate surface area is 134 Å². The van der Waals surface area contributed by atoms with Crippen molar-refractivity contribution in [2.75, 3.05) is 5.75 Å². The molecule has 0 aromatic heterocycles. The zero-order valence-electron chi connectivity index (χ0n) is 12.9. The van der Waals surface area contributed by atoms with Crippen LogP contribution in [0.15, 0.2) is 36.4 Å². The highest BCUT2D eigenvalue weighted by Gasteiger charge is 2.20. The van der Waals surface area contributed by atoms with Gasteiger partial charge in [-0.15, -0.1) is 0 Å². The summed E-state index contributed by atoms with van der Waals surface area (Å²) in [6.45, 7) is 3.72. The molecule has 1 N–H and O–H groups in total. The lowest BCUT2D eigenvalue weighted by Crippen LogP contribution is -2.16. The molecule has 2 aromatic carbocycles. The minimum absolute atomic E-state index is 0.150. The highest BCUT2D eigenvalue weighted by molar-refractivity contribution is 7.90. The van der Waals surface area contributed by atoms with Crippen LogP contribution >= 0.6 is 0 Å². The van der Waals surface area contributed by atoms with Crippen molar-refractivity contribution in [2.45, 2.75) is 25.7 Å². The van der Waals surface area contributed by atoms with E-state index in [2.05, 4.69) is 0 Å².